The number of rotatable bonds is 5. The van der Waals surface area contributed by atoms with Gasteiger partial charge in [0, 0.05) is 10.5 Å². The summed E-state index contributed by atoms with van der Waals surface area (Å²) in [5, 5.41) is 2.75. The van der Waals surface area contributed by atoms with Crippen molar-refractivity contribution in [1.82, 2.24) is 5.32 Å². The van der Waals surface area contributed by atoms with Crippen LogP contribution in [0.5, 0.6) is 0 Å². The Balaban J connectivity index is 2.68. The van der Waals surface area contributed by atoms with E-state index in [1.54, 1.807) is 20.8 Å². The molecule has 0 radical (unpaired) electrons. The van der Waals surface area contributed by atoms with Crippen molar-refractivity contribution in [3.8, 4) is 0 Å². The van der Waals surface area contributed by atoms with Gasteiger partial charge in [-0.3, -0.25) is 4.79 Å². The maximum Gasteiger partial charge on any atom is 0.408 e. The Hall–Kier alpha value is -1.31. The predicted octanol–water partition coefficient (Wildman–Crippen LogP) is 3.29. The number of benzene rings is 1. The van der Waals surface area contributed by atoms with Crippen molar-refractivity contribution in [2.75, 3.05) is 6.61 Å². The normalized spacial score (nSPS) is 12.4. The zero-order valence-electron chi connectivity index (χ0n) is 13.3. The molecular formula is C16H22INO4. The summed E-state index contributed by atoms with van der Waals surface area (Å²) in [6.07, 6.45) is 0.0406. The van der Waals surface area contributed by atoms with Crippen LogP contribution < -0.4 is 5.32 Å². The van der Waals surface area contributed by atoms with Crippen LogP contribution in [0.4, 0.5) is 4.79 Å². The summed E-state index contributed by atoms with van der Waals surface area (Å²) in [5.41, 5.74) is 0.479. The fourth-order valence-corrected chi connectivity index (χ4v) is 2.11. The molecule has 1 atom stereocenters. The van der Waals surface area contributed by atoms with Crippen molar-refractivity contribution in [3.05, 3.63) is 33.4 Å². The monoisotopic (exact) mass is 419 g/mol. The minimum atomic E-state index is -0.571. The fraction of sp³-hybridized carbons (Fsp3) is 0.500. The Bertz CT molecular complexity index is 508. The molecule has 0 fully saturated rings. The van der Waals surface area contributed by atoms with E-state index in [0.717, 1.165) is 9.13 Å². The second-order valence-electron chi connectivity index (χ2n) is 5.98. The van der Waals surface area contributed by atoms with Gasteiger partial charge >= 0.3 is 12.1 Å². The fourth-order valence-electron chi connectivity index (χ4n) is 1.75. The number of carbonyl (C=O) groups excluding carboxylic acids is 2. The van der Waals surface area contributed by atoms with Crippen LogP contribution in [0.3, 0.4) is 0 Å². The summed E-state index contributed by atoms with van der Waals surface area (Å²) in [4.78, 5) is 22.9. The number of halogens is 1. The largest absolute Gasteiger partial charge is 0.464 e. The van der Waals surface area contributed by atoms with E-state index in [4.69, 9.17) is 9.47 Å². The van der Waals surface area contributed by atoms with Crippen molar-refractivity contribution in [3.63, 3.8) is 0 Å². The molecule has 0 unspecified atom stereocenters. The van der Waals surface area contributed by atoms with E-state index in [9.17, 15) is 9.59 Å². The van der Waals surface area contributed by atoms with Crippen LogP contribution >= 0.6 is 22.6 Å². The molecule has 0 bridgehead atoms. The summed E-state index contributed by atoms with van der Waals surface area (Å²) >= 11 is 2.23. The molecule has 1 rings (SSSR count). The third-order valence-electron chi connectivity index (χ3n) is 2.60. The van der Waals surface area contributed by atoms with Gasteiger partial charge in [-0.1, -0.05) is 12.1 Å². The molecule has 1 N–H and O–H groups in total. The molecule has 0 saturated heterocycles. The number of carbonyl (C=O) groups is 2. The van der Waals surface area contributed by atoms with Gasteiger partial charge in [-0.2, -0.15) is 0 Å². The Labute approximate surface area is 144 Å². The molecule has 0 aliphatic rings. The topological polar surface area (TPSA) is 64.6 Å². The van der Waals surface area contributed by atoms with Crippen LogP contribution in [-0.4, -0.2) is 30.3 Å². The molecule has 1 aromatic rings. The van der Waals surface area contributed by atoms with Gasteiger partial charge in [0.25, 0.3) is 0 Å². The number of nitrogens with one attached hydrogen (secondary N) is 1. The van der Waals surface area contributed by atoms with Crippen molar-refractivity contribution in [2.45, 2.75) is 45.8 Å². The third kappa shape index (κ3) is 8.21. The van der Waals surface area contributed by atoms with Gasteiger partial charge in [0.05, 0.1) is 6.04 Å². The molecule has 1 amide bonds. The van der Waals surface area contributed by atoms with Gasteiger partial charge in [-0.05, 0) is 67.5 Å². The Kier molecular flexibility index (Phi) is 7.12. The standard InChI is InChI=1S/C16H22INO4/c1-11(19)21-10-14(18-15(20)22-16(2,3)4)9-12-5-7-13(17)8-6-12/h5-8,14H,9-10H2,1-4H3,(H,18,20)/t14-/m1/s1. The summed E-state index contributed by atoms with van der Waals surface area (Å²) in [5.74, 6) is -0.376. The number of esters is 1. The minimum absolute atomic E-state index is 0.112. The molecule has 0 spiro atoms. The second kappa shape index (κ2) is 8.36. The van der Waals surface area contributed by atoms with E-state index < -0.39 is 11.7 Å². The van der Waals surface area contributed by atoms with Gasteiger partial charge in [0.15, 0.2) is 0 Å². The van der Waals surface area contributed by atoms with Crippen LogP contribution in [0.25, 0.3) is 0 Å². The lowest BCUT2D eigenvalue weighted by Crippen LogP contribution is -2.43. The minimum Gasteiger partial charge on any atom is -0.464 e. The van der Waals surface area contributed by atoms with Gasteiger partial charge in [0.1, 0.15) is 12.2 Å². The summed E-state index contributed by atoms with van der Waals surface area (Å²) < 4.78 is 11.4. The molecule has 0 aliphatic carbocycles. The van der Waals surface area contributed by atoms with Crippen LogP contribution in [0.2, 0.25) is 0 Å². The van der Waals surface area contributed by atoms with Crippen LogP contribution in [-0.2, 0) is 20.7 Å². The first-order valence-corrected chi connectivity index (χ1v) is 8.11. The van der Waals surface area contributed by atoms with Crippen LogP contribution in [0.1, 0.15) is 33.3 Å². The number of hydrogen-bond donors (Lipinski definition) is 1. The first-order chi connectivity index (χ1) is 10.2. The lowest BCUT2D eigenvalue weighted by molar-refractivity contribution is -0.141. The van der Waals surface area contributed by atoms with Gasteiger partial charge in [0.2, 0.25) is 0 Å². The molecule has 0 saturated carbocycles. The zero-order chi connectivity index (χ0) is 16.8. The summed E-state index contributed by atoms with van der Waals surface area (Å²) in [7, 11) is 0. The molecule has 6 heteroatoms. The molecule has 22 heavy (non-hydrogen) atoms. The average molecular weight is 419 g/mol. The highest BCUT2D eigenvalue weighted by molar-refractivity contribution is 14.1. The number of alkyl carbamates (subject to hydrolysis) is 1. The van der Waals surface area contributed by atoms with E-state index >= 15 is 0 Å². The van der Waals surface area contributed by atoms with E-state index in [0.29, 0.717) is 6.42 Å². The highest BCUT2D eigenvalue weighted by atomic mass is 127. The summed E-state index contributed by atoms with van der Waals surface area (Å²) in [6.45, 7) is 6.85. The maximum atomic E-state index is 11.9. The van der Waals surface area contributed by atoms with E-state index in [-0.39, 0.29) is 18.6 Å². The quantitative estimate of drug-likeness (QED) is 0.588. The van der Waals surface area contributed by atoms with Crippen molar-refractivity contribution in [2.24, 2.45) is 0 Å². The van der Waals surface area contributed by atoms with E-state index in [1.165, 1.54) is 6.92 Å². The molecule has 0 heterocycles. The van der Waals surface area contributed by atoms with Gasteiger partial charge in [-0.25, -0.2) is 4.79 Å². The molecule has 122 valence electrons. The van der Waals surface area contributed by atoms with Gasteiger partial charge in [-0.15, -0.1) is 0 Å². The second-order valence-corrected chi connectivity index (χ2v) is 7.22. The van der Waals surface area contributed by atoms with Crippen LogP contribution in [0.15, 0.2) is 24.3 Å². The lowest BCUT2D eigenvalue weighted by Gasteiger charge is -2.23. The first kappa shape index (κ1) is 18.7. The maximum absolute atomic E-state index is 11.9. The van der Waals surface area contributed by atoms with Crippen molar-refractivity contribution < 1.29 is 19.1 Å². The van der Waals surface area contributed by atoms with Crippen LogP contribution in [0, 0.1) is 3.57 Å². The Morgan fingerprint density at radius 1 is 1.23 bits per heavy atom. The van der Waals surface area contributed by atoms with E-state index in [2.05, 4.69) is 27.9 Å². The predicted molar refractivity (Wildman–Crippen MR) is 92.7 cm³/mol. The highest BCUT2D eigenvalue weighted by Crippen LogP contribution is 2.11. The Morgan fingerprint density at radius 2 is 1.82 bits per heavy atom. The van der Waals surface area contributed by atoms with Gasteiger partial charge < -0.3 is 14.8 Å². The van der Waals surface area contributed by atoms with Crippen molar-refractivity contribution >= 4 is 34.7 Å². The Morgan fingerprint density at radius 3 is 2.32 bits per heavy atom. The number of amides is 1. The molecule has 1 aromatic carbocycles. The first-order valence-electron chi connectivity index (χ1n) is 7.03. The van der Waals surface area contributed by atoms with Crippen molar-refractivity contribution in [1.29, 1.82) is 0 Å². The molecular weight excluding hydrogens is 397 g/mol. The molecule has 5 nitrogen and oxygen atoms in total. The average Bonchev–Trinajstić information content (AvgIpc) is 2.36. The molecule has 0 aliphatic heterocycles. The smallest absolute Gasteiger partial charge is 0.408 e. The number of ether oxygens (including phenoxy) is 2. The zero-order valence-corrected chi connectivity index (χ0v) is 15.5. The lowest BCUT2D eigenvalue weighted by atomic mass is 10.1. The molecule has 0 aromatic heterocycles. The highest BCUT2D eigenvalue weighted by Gasteiger charge is 2.20. The van der Waals surface area contributed by atoms with E-state index in [1.807, 2.05) is 24.3 Å². The third-order valence-corrected chi connectivity index (χ3v) is 3.32. The number of hydrogen-bond acceptors (Lipinski definition) is 4. The SMILES string of the molecule is CC(=O)OC[C@@H](Cc1ccc(I)cc1)NC(=O)OC(C)(C)C. The summed E-state index contributed by atoms with van der Waals surface area (Å²) in [6, 6.07) is 7.62.